The van der Waals surface area contributed by atoms with Gasteiger partial charge in [0, 0.05) is 12.3 Å². The van der Waals surface area contributed by atoms with Gasteiger partial charge in [-0.2, -0.15) is 0 Å². The lowest BCUT2D eigenvalue weighted by molar-refractivity contribution is 0.626. The average Bonchev–Trinajstić information content (AvgIpc) is 2.99. The van der Waals surface area contributed by atoms with E-state index in [0.717, 1.165) is 17.3 Å². The van der Waals surface area contributed by atoms with Crippen LogP contribution in [0.4, 0.5) is 4.39 Å². The van der Waals surface area contributed by atoms with E-state index in [-0.39, 0.29) is 5.82 Å². The van der Waals surface area contributed by atoms with Crippen molar-refractivity contribution in [3.05, 3.63) is 78.6 Å². The second-order valence-corrected chi connectivity index (χ2v) is 6.33. The molecule has 24 heavy (non-hydrogen) atoms. The van der Waals surface area contributed by atoms with Gasteiger partial charge >= 0.3 is 0 Å². The minimum absolute atomic E-state index is 0.295. The molecule has 0 aliphatic rings. The molecule has 0 bridgehead atoms. The molecule has 0 N–H and O–H groups in total. The summed E-state index contributed by atoms with van der Waals surface area (Å²) < 4.78 is 16.0. The molecule has 0 saturated carbocycles. The van der Waals surface area contributed by atoms with Crippen molar-refractivity contribution < 1.29 is 4.39 Å². The van der Waals surface area contributed by atoms with Crippen molar-refractivity contribution in [3.8, 4) is 11.4 Å². The van der Waals surface area contributed by atoms with Gasteiger partial charge in [0.1, 0.15) is 5.82 Å². The molecule has 3 nitrogen and oxygen atoms in total. The molecule has 0 aliphatic carbocycles. The summed E-state index contributed by atoms with van der Waals surface area (Å²) in [6.07, 6.45) is 2.72. The number of hydrogen-bond donors (Lipinski definition) is 0. The summed E-state index contributed by atoms with van der Waals surface area (Å²) in [5.41, 5.74) is 1.75. The van der Waals surface area contributed by atoms with Crippen LogP contribution in [0.15, 0.2) is 72.4 Å². The summed E-state index contributed by atoms with van der Waals surface area (Å²) in [4.78, 5) is 0. The van der Waals surface area contributed by atoms with Crippen LogP contribution in [0.5, 0.6) is 0 Å². The van der Waals surface area contributed by atoms with Crippen LogP contribution in [0.1, 0.15) is 5.56 Å². The zero-order valence-electron chi connectivity index (χ0n) is 13.2. The van der Waals surface area contributed by atoms with E-state index in [0.29, 0.717) is 17.9 Å². The number of aryl methyl sites for hydroxylation is 1. The van der Waals surface area contributed by atoms with E-state index < -0.39 is 0 Å². The first kappa shape index (κ1) is 16.5. The standard InChI is InChI=1S/C19H18FN3S/c1-2-13-23-18(16-10-6-7-11-17(16)20)21-22-19(23)24-14-12-15-8-4-3-5-9-15/h2-11H,1,12-14H2. The molecule has 0 saturated heterocycles. The molecule has 122 valence electrons. The molecule has 5 heteroatoms. The smallest absolute Gasteiger partial charge is 0.191 e. The SMILES string of the molecule is C=CCn1c(SCCc2ccccc2)nnc1-c1ccccc1F. The Kier molecular flexibility index (Phi) is 5.43. The van der Waals surface area contributed by atoms with Crippen molar-refractivity contribution in [1.29, 1.82) is 0 Å². The zero-order chi connectivity index (χ0) is 16.8. The fourth-order valence-corrected chi connectivity index (χ4v) is 3.37. The molecule has 2 aromatic carbocycles. The van der Waals surface area contributed by atoms with Crippen LogP contribution in [0.25, 0.3) is 11.4 Å². The summed E-state index contributed by atoms with van der Waals surface area (Å²) in [6.45, 7) is 4.33. The Morgan fingerprint density at radius 2 is 1.79 bits per heavy atom. The van der Waals surface area contributed by atoms with Crippen molar-refractivity contribution >= 4 is 11.8 Å². The molecular weight excluding hydrogens is 321 g/mol. The monoisotopic (exact) mass is 339 g/mol. The van der Waals surface area contributed by atoms with Gasteiger partial charge in [0.05, 0.1) is 5.56 Å². The van der Waals surface area contributed by atoms with Crippen LogP contribution in [0.3, 0.4) is 0 Å². The summed E-state index contributed by atoms with van der Waals surface area (Å²) in [5, 5.41) is 9.22. The normalized spacial score (nSPS) is 10.7. The predicted molar refractivity (Wildman–Crippen MR) is 96.5 cm³/mol. The lowest BCUT2D eigenvalue weighted by atomic mass is 10.2. The van der Waals surface area contributed by atoms with E-state index in [1.165, 1.54) is 11.6 Å². The summed E-state index contributed by atoms with van der Waals surface area (Å²) in [5.74, 6) is 1.13. The Bertz CT molecular complexity index is 814. The van der Waals surface area contributed by atoms with Gasteiger partial charge in [-0.3, -0.25) is 4.57 Å². The molecule has 0 aliphatic heterocycles. The number of nitrogens with zero attached hydrogens (tertiary/aromatic N) is 3. The number of aromatic nitrogens is 3. The van der Waals surface area contributed by atoms with Crippen molar-refractivity contribution in [2.45, 2.75) is 18.1 Å². The first-order valence-electron chi connectivity index (χ1n) is 7.75. The number of thioether (sulfide) groups is 1. The van der Waals surface area contributed by atoms with E-state index in [4.69, 9.17) is 0 Å². The Labute approximate surface area is 145 Å². The highest BCUT2D eigenvalue weighted by Crippen LogP contribution is 2.26. The number of benzene rings is 2. The van der Waals surface area contributed by atoms with E-state index in [1.54, 1.807) is 36.0 Å². The van der Waals surface area contributed by atoms with Crippen molar-refractivity contribution in [2.75, 3.05) is 5.75 Å². The summed E-state index contributed by atoms with van der Waals surface area (Å²) in [7, 11) is 0. The number of allylic oxidation sites excluding steroid dienone is 1. The number of rotatable bonds is 7. The highest BCUT2D eigenvalue weighted by Gasteiger charge is 2.16. The molecule has 3 aromatic rings. The third-order valence-electron chi connectivity index (χ3n) is 3.61. The first-order chi connectivity index (χ1) is 11.8. The summed E-state index contributed by atoms with van der Waals surface area (Å²) in [6, 6.07) is 16.9. The van der Waals surface area contributed by atoms with Crippen LogP contribution in [-0.4, -0.2) is 20.5 Å². The topological polar surface area (TPSA) is 30.7 Å². The van der Waals surface area contributed by atoms with E-state index in [1.807, 2.05) is 22.8 Å². The van der Waals surface area contributed by atoms with Gasteiger partial charge in [0.15, 0.2) is 11.0 Å². The lowest BCUT2D eigenvalue weighted by Crippen LogP contribution is -2.02. The van der Waals surface area contributed by atoms with Crippen LogP contribution in [0.2, 0.25) is 0 Å². The molecule has 1 aromatic heterocycles. The van der Waals surface area contributed by atoms with Gasteiger partial charge in [0.25, 0.3) is 0 Å². The van der Waals surface area contributed by atoms with Gasteiger partial charge in [-0.15, -0.1) is 16.8 Å². The first-order valence-corrected chi connectivity index (χ1v) is 8.74. The van der Waals surface area contributed by atoms with Gasteiger partial charge in [-0.1, -0.05) is 60.3 Å². The zero-order valence-corrected chi connectivity index (χ0v) is 14.0. The highest BCUT2D eigenvalue weighted by molar-refractivity contribution is 7.99. The molecule has 0 radical (unpaired) electrons. The van der Waals surface area contributed by atoms with Crippen LogP contribution in [-0.2, 0) is 13.0 Å². The predicted octanol–water partition coefficient (Wildman–Crippen LogP) is 4.61. The second kappa shape index (κ2) is 7.93. The Balaban J connectivity index is 1.79. The fraction of sp³-hybridized carbons (Fsp3) is 0.158. The van der Waals surface area contributed by atoms with Crippen molar-refractivity contribution in [1.82, 2.24) is 14.8 Å². The van der Waals surface area contributed by atoms with E-state index in [9.17, 15) is 4.39 Å². The largest absolute Gasteiger partial charge is 0.298 e. The van der Waals surface area contributed by atoms with Crippen molar-refractivity contribution in [3.63, 3.8) is 0 Å². The summed E-state index contributed by atoms with van der Waals surface area (Å²) >= 11 is 1.62. The highest BCUT2D eigenvalue weighted by atomic mass is 32.2. The number of halogens is 1. The van der Waals surface area contributed by atoms with Crippen LogP contribution >= 0.6 is 11.8 Å². The van der Waals surface area contributed by atoms with Gasteiger partial charge in [0.2, 0.25) is 0 Å². The Morgan fingerprint density at radius 1 is 1.04 bits per heavy atom. The fourth-order valence-electron chi connectivity index (χ4n) is 2.44. The molecule has 0 atom stereocenters. The quantitative estimate of drug-likeness (QED) is 0.465. The molecule has 0 fully saturated rings. The third kappa shape index (κ3) is 3.74. The van der Waals surface area contributed by atoms with E-state index >= 15 is 0 Å². The van der Waals surface area contributed by atoms with Crippen molar-refractivity contribution in [2.24, 2.45) is 0 Å². The minimum atomic E-state index is -0.295. The molecular formula is C19H18FN3S. The van der Waals surface area contributed by atoms with Gasteiger partial charge in [-0.25, -0.2) is 4.39 Å². The van der Waals surface area contributed by atoms with Crippen LogP contribution in [0, 0.1) is 5.82 Å². The molecule has 3 rings (SSSR count). The Morgan fingerprint density at radius 3 is 2.54 bits per heavy atom. The molecule has 0 amide bonds. The second-order valence-electron chi connectivity index (χ2n) is 5.27. The molecule has 0 spiro atoms. The van der Waals surface area contributed by atoms with Gasteiger partial charge < -0.3 is 0 Å². The maximum atomic E-state index is 14.1. The Hall–Kier alpha value is -2.40. The minimum Gasteiger partial charge on any atom is -0.298 e. The van der Waals surface area contributed by atoms with Gasteiger partial charge in [-0.05, 0) is 24.1 Å². The maximum Gasteiger partial charge on any atom is 0.191 e. The molecule has 1 heterocycles. The maximum absolute atomic E-state index is 14.1. The average molecular weight is 339 g/mol. The van der Waals surface area contributed by atoms with Crippen LogP contribution < -0.4 is 0 Å². The number of hydrogen-bond acceptors (Lipinski definition) is 3. The lowest BCUT2D eigenvalue weighted by Gasteiger charge is -2.08. The molecule has 0 unspecified atom stereocenters. The third-order valence-corrected chi connectivity index (χ3v) is 4.58. The van der Waals surface area contributed by atoms with E-state index in [2.05, 4.69) is 28.9 Å².